The molecule has 0 spiro atoms. The number of non-ortho nitro benzene ring substituents is 1. The van der Waals surface area contributed by atoms with Crippen LogP contribution in [0, 0.1) is 10.1 Å². The number of nitrogens with zero attached hydrogens (tertiary/aromatic N) is 2. The Morgan fingerprint density at radius 2 is 1.92 bits per heavy atom. The summed E-state index contributed by atoms with van der Waals surface area (Å²) in [5.74, 6) is 1.49. The van der Waals surface area contributed by atoms with Gasteiger partial charge in [0.05, 0.1) is 15.1 Å². The van der Waals surface area contributed by atoms with Crippen molar-refractivity contribution in [1.82, 2.24) is 4.98 Å². The van der Waals surface area contributed by atoms with Crippen molar-refractivity contribution in [2.45, 2.75) is 0 Å². The Bertz CT molecular complexity index is 964. The fourth-order valence-electron chi connectivity index (χ4n) is 2.45. The fraction of sp³-hybridized carbons (Fsp3) is 0.118. The lowest BCUT2D eigenvalue weighted by molar-refractivity contribution is -0.384. The van der Waals surface area contributed by atoms with Crippen LogP contribution in [0.3, 0.4) is 0 Å². The SMILES string of the molecule is O=[N+]([O-])c1ccc2sc(C=Cc3ccc4c(c3)OCCO4)nc2c1. The number of ether oxygens (including phenoxy) is 2. The van der Waals surface area contributed by atoms with Crippen LogP contribution in [0.25, 0.3) is 22.4 Å². The van der Waals surface area contributed by atoms with Gasteiger partial charge in [-0.1, -0.05) is 12.1 Å². The Balaban J connectivity index is 1.61. The van der Waals surface area contributed by atoms with E-state index in [1.54, 1.807) is 6.07 Å². The number of fused-ring (bicyclic) bond motifs is 2. The van der Waals surface area contributed by atoms with Gasteiger partial charge < -0.3 is 9.47 Å². The lowest BCUT2D eigenvalue weighted by atomic mass is 10.2. The van der Waals surface area contributed by atoms with Crippen molar-refractivity contribution >= 4 is 39.4 Å². The van der Waals surface area contributed by atoms with Gasteiger partial charge in [0.2, 0.25) is 0 Å². The monoisotopic (exact) mass is 340 g/mol. The van der Waals surface area contributed by atoms with Crippen molar-refractivity contribution in [2.24, 2.45) is 0 Å². The van der Waals surface area contributed by atoms with Gasteiger partial charge in [0.15, 0.2) is 11.5 Å². The molecule has 2 aromatic carbocycles. The number of aromatic nitrogens is 1. The Hall–Kier alpha value is -2.93. The molecule has 0 radical (unpaired) electrons. The summed E-state index contributed by atoms with van der Waals surface area (Å²) in [6, 6.07) is 10.5. The molecule has 0 atom stereocenters. The van der Waals surface area contributed by atoms with E-state index < -0.39 is 4.92 Å². The van der Waals surface area contributed by atoms with Crippen LogP contribution in [0.5, 0.6) is 11.5 Å². The summed E-state index contributed by atoms with van der Waals surface area (Å²) in [5, 5.41) is 11.6. The van der Waals surface area contributed by atoms with E-state index in [1.165, 1.54) is 23.5 Å². The van der Waals surface area contributed by atoms with Crippen molar-refractivity contribution < 1.29 is 14.4 Å². The van der Waals surface area contributed by atoms with Gasteiger partial charge in [-0.15, -0.1) is 11.3 Å². The minimum absolute atomic E-state index is 0.0511. The molecule has 0 bridgehead atoms. The second-order valence-electron chi connectivity index (χ2n) is 5.20. The van der Waals surface area contributed by atoms with E-state index in [1.807, 2.05) is 30.4 Å². The average Bonchev–Trinajstić information content (AvgIpc) is 3.01. The van der Waals surface area contributed by atoms with Gasteiger partial charge in [-0.05, 0) is 29.8 Å². The lowest BCUT2D eigenvalue weighted by Crippen LogP contribution is -2.15. The highest BCUT2D eigenvalue weighted by molar-refractivity contribution is 7.19. The maximum Gasteiger partial charge on any atom is 0.271 e. The van der Waals surface area contributed by atoms with E-state index in [-0.39, 0.29) is 5.69 Å². The van der Waals surface area contributed by atoms with Gasteiger partial charge in [-0.2, -0.15) is 0 Å². The van der Waals surface area contributed by atoms with Gasteiger partial charge in [-0.3, -0.25) is 10.1 Å². The molecule has 0 amide bonds. The molecule has 0 N–H and O–H groups in total. The van der Waals surface area contributed by atoms with Crippen LogP contribution >= 0.6 is 11.3 Å². The molecular weight excluding hydrogens is 328 g/mol. The minimum Gasteiger partial charge on any atom is -0.486 e. The van der Waals surface area contributed by atoms with Crippen molar-refractivity contribution in [3.63, 3.8) is 0 Å². The molecule has 2 heterocycles. The summed E-state index contributed by atoms with van der Waals surface area (Å²) in [6.45, 7) is 1.12. The molecule has 24 heavy (non-hydrogen) atoms. The Morgan fingerprint density at radius 1 is 1.08 bits per heavy atom. The summed E-state index contributed by atoms with van der Waals surface area (Å²) in [4.78, 5) is 14.8. The number of nitro groups is 1. The third-order valence-corrected chi connectivity index (χ3v) is 4.58. The molecule has 4 rings (SSSR count). The summed E-state index contributed by atoms with van der Waals surface area (Å²) < 4.78 is 12.0. The van der Waals surface area contributed by atoms with Crippen LogP contribution in [0.1, 0.15) is 10.6 Å². The number of nitro benzene ring substituents is 1. The first kappa shape index (κ1) is 14.6. The summed E-state index contributed by atoms with van der Waals surface area (Å²) in [7, 11) is 0. The van der Waals surface area contributed by atoms with Gasteiger partial charge in [-0.25, -0.2) is 4.98 Å². The Kier molecular flexibility index (Phi) is 3.62. The number of benzene rings is 2. The molecule has 0 unspecified atom stereocenters. The predicted molar refractivity (Wildman–Crippen MR) is 92.6 cm³/mol. The zero-order valence-corrected chi connectivity index (χ0v) is 13.3. The van der Waals surface area contributed by atoms with Gasteiger partial charge in [0.25, 0.3) is 5.69 Å². The third kappa shape index (κ3) is 2.81. The first-order chi connectivity index (χ1) is 11.7. The Morgan fingerprint density at radius 3 is 2.75 bits per heavy atom. The molecule has 0 fully saturated rings. The second kappa shape index (κ2) is 5.93. The Labute approximate surface area is 141 Å². The summed E-state index contributed by atoms with van der Waals surface area (Å²) >= 11 is 1.49. The highest BCUT2D eigenvalue weighted by Gasteiger charge is 2.11. The van der Waals surface area contributed by atoms with E-state index in [9.17, 15) is 10.1 Å². The number of thiazole rings is 1. The molecule has 7 heteroatoms. The summed E-state index contributed by atoms with van der Waals surface area (Å²) in [6.07, 6.45) is 3.83. The normalized spacial score (nSPS) is 13.5. The van der Waals surface area contributed by atoms with Gasteiger partial charge >= 0.3 is 0 Å². The maximum absolute atomic E-state index is 10.8. The number of hydrogen-bond acceptors (Lipinski definition) is 6. The average molecular weight is 340 g/mol. The fourth-order valence-corrected chi connectivity index (χ4v) is 3.30. The third-order valence-electron chi connectivity index (χ3n) is 3.58. The molecule has 0 saturated carbocycles. The largest absolute Gasteiger partial charge is 0.486 e. The molecule has 1 aliphatic rings. The van der Waals surface area contributed by atoms with Crippen molar-refractivity contribution in [3.8, 4) is 11.5 Å². The standard InChI is InChI=1S/C17H12N2O4S/c20-19(21)12-3-5-16-13(10-12)18-17(24-16)6-2-11-1-4-14-15(9-11)23-8-7-22-14/h1-6,9-10H,7-8H2. The highest BCUT2D eigenvalue weighted by atomic mass is 32.1. The minimum atomic E-state index is -0.413. The first-order valence-electron chi connectivity index (χ1n) is 7.32. The molecule has 6 nitrogen and oxygen atoms in total. The molecule has 3 aromatic rings. The van der Waals surface area contributed by atoms with Crippen molar-refractivity contribution in [2.75, 3.05) is 13.2 Å². The van der Waals surface area contributed by atoms with E-state index in [4.69, 9.17) is 9.47 Å². The maximum atomic E-state index is 10.8. The van der Waals surface area contributed by atoms with E-state index in [2.05, 4.69) is 4.98 Å². The molecule has 120 valence electrons. The molecule has 1 aromatic heterocycles. The van der Waals surface area contributed by atoms with E-state index in [0.717, 1.165) is 26.8 Å². The molecule has 1 aliphatic heterocycles. The predicted octanol–water partition coefficient (Wildman–Crippen LogP) is 4.15. The van der Waals surface area contributed by atoms with Crippen LogP contribution in [0.4, 0.5) is 5.69 Å². The second-order valence-corrected chi connectivity index (χ2v) is 6.26. The summed E-state index contributed by atoms with van der Waals surface area (Å²) in [5.41, 5.74) is 1.66. The van der Waals surface area contributed by atoms with Crippen LogP contribution in [-0.2, 0) is 0 Å². The highest BCUT2D eigenvalue weighted by Crippen LogP contribution is 2.32. The number of rotatable bonds is 3. The molecule has 0 aliphatic carbocycles. The van der Waals surface area contributed by atoms with Crippen LogP contribution < -0.4 is 9.47 Å². The topological polar surface area (TPSA) is 74.5 Å². The molecular formula is C17H12N2O4S. The van der Waals surface area contributed by atoms with Crippen LogP contribution in [-0.4, -0.2) is 23.1 Å². The van der Waals surface area contributed by atoms with Crippen molar-refractivity contribution in [3.05, 3.63) is 57.1 Å². The zero-order valence-electron chi connectivity index (χ0n) is 12.5. The zero-order chi connectivity index (χ0) is 16.5. The first-order valence-corrected chi connectivity index (χ1v) is 8.13. The van der Waals surface area contributed by atoms with E-state index in [0.29, 0.717) is 18.7 Å². The lowest BCUT2D eigenvalue weighted by Gasteiger charge is -2.18. The smallest absolute Gasteiger partial charge is 0.271 e. The van der Waals surface area contributed by atoms with Crippen LogP contribution in [0.15, 0.2) is 36.4 Å². The van der Waals surface area contributed by atoms with Crippen molar-refractivity contribution in [1.29, 1.82) is 0 Å². The molecule has 0 saturated heterocycles. The van der Waals surface area contributed by atoms with Crippen LogP contribution in [0.2, 0.25) is 0 Å². The van der Waals surface area contributed by atoms with Gasteiger partial charge in [0.1, 0.15) is 18.2 Å². The number of hydrogen-bond donors (Lipinski definition) is 0. The van der Waals surface area contributed by atoms with Gasteiger partial charge in [0, 0.05) is 12.1 Å². The quantitative estimate of drug-likeness (QED) is 0.529. The van der Waals surface area contributed by atoms with E-state index >= 15 is 0 Å².